The van der Waals surface area contributed by atoms with Crippen LogP contribution in [0.1, 0.15) is 18.1 Å². The summed E-state index contributed by atoms with van der Waals surface area (Å²) in [5.74, 6) is 0. The summed E-state index contributed by atoms with van der Waals surface area (Å²) < 4.78 is 0. The molecule has 0 aliphatic heterocycles. The summed E-state index contributed by atoms with van der Waals surface area (Å²) >= 11 is 5.87. The summed E-state index contributed by atoms with van der Waals surface area (Å²) in [5.41, 5.74) is 3.51. The Labute approximate surface area is 113 Å². The Kier molecular flexibility index (Phi) is 4.21. The second kappa shape index (κ2) is 5.87. The van der Waals surface area contributed by atoms with Gasteiger partial charge in [-0.3, -0.25) is 4.98 Å². The van der Waals surface area contributed by atoms with Gasteiger partial charge in [0.05, 0.1) is 5.69 Å². The van der Waals surface area contributed by atoms with Gasteiger partial charge >= 0.3 is 0 Å². The Morgan fingerprint density at radius 3 is 2.61 bits per heavy atom. The normalized spacial score (nSPS) is 12.2. The minimum atomic E-state index is 0.356. The Balaban J connectivity index is 1.96. The average Bonchev–Trinajstić information content (AvgIpc) is 2.32. The number of aryl methyl sites for hydroxylation is 1. The number of halogens is 1. The van der Waals surface area contributed by atoms with Gasteiger partial charge in [-0.25, -0.2) is 0 Å². The third kappa shape index (κ3) is 3.74. The summed E-state index contributed by atoms with van der Waals surface area (Å²) in [5, 5.41) is 4.23. The number of hydrogen-bond acceptors (Lipinski definition) is 2. The maximum absolute atomic E-state index is 5.87. The average molecular weight is 261 g/mol. The van der Waals surface area contributed by atoms with E-state index in [1.54, 1.807) is 0 Å². The molecule has 1 aromatic heterocycles. The fourth-order valence-corrected chi connectivity index (χ4v) is 2.07. The molecular weight excluding hydrogens is 244 g/mol. The molecule has 0 radical (unpaired) electrons. The molecule has 2 rings (SSSR count). The van der Waals surface area contributed by atoms with Crippen LogP contribution < -0.4 is 5.32 Å². The number of pyridine rings is 1. The van der Waals surface area contributed by atoms with Crippen LogP contribution in [0.3, 0.4) is 0 Å². The van der Waals surface area contributed by atoms with Gasteiger partial charge in [-0.1, -0.05) is 23.7 Å². The first-order valence-corrected chi connectivity index (χ1v) is 6.44. The number of benzene rings is 1. The van der Waals surface area contributed by atoms with Gasteiger partial charge in [0.1, 0.15) is 0 Å². The summed E-state index contributed by atoms with van der Waals surface area (Å²) in [6.45, 7) is 4.21. The first-order chi connectivity index (χ1) is 8.63. The van der Waals surface area contributed by atoms with E-state index in [1.807, 2.05) is 31.5 Å². The quantitative estimate of drug-likeness (QED) is 0.896. The van der Waals surface area contributed by atoms with Crippen molar-refractivity contribution in [2.24, 2.45) is 0 Å². The number of nitrogens with zero attached hydrogens (tertiary/aromatic N) is 1. The Morgan fingerprint density at radius 2 is 1.94 bits per heavy atom. The lowest BCUT2D eigenvalue weighted by Crippen LogP contribution is -2.18. The molecule has 2 nitrogen and oxygen atoms in total. The fourth-order valence-electron chi connectivity index (χ4n) is 1.94. The van der Waals surface area contributed by atoms with E-state index in [1.165, 1.54) is 11.1 Å². The zero-order valence-corrected chi connectivity index (χ0v) is 11.4. The standard InChI is InChI=1S/C15H17ClN2/c1-11-7-15(10-17-9-11)18-12(2)8-13-3-5-14(16)6-4-13/h3-7,9-10,12,18H,8H2,1-2H3. The lowest BCUT2D eigenvalue weighted by atomic mass is 10.1. The van der Waals surface area contributed by atoms with E-state index in [9.17, 15) is 0 Å². The third-order valence-corrected chi connectivity index (χ3v) is 3.00. The van der Waals surface area contributed by atoms with Crippen LogP contribution in [0.15, 0.2) is 42.7 Å². The second-order valence-electron chi connectivity index (χ2n) is 4.63. The number of anilines is 1. The molecule has 0 fully saturated rings. The smallest absolute Gasteiger partial charge is 0.0531 e. The van der Waals surface area contributed by atoms with Crippen LogP contribution in [-0.2, 0) is 6.42 Å². The van der Waals surface area contributed by atoms with Gasteiger partial charge in [0.15, 0.2) is 0 Å². The Hall–Kier alpha value is -1.54. The van der Waals surface area contributed by atoms with Gasteiger partial charge in [0, 0.05) is 23.5 Å². The molecule has 1 unspecified atom stereocenters. The van der Waals surface area contributed by atoms with Crippen LogP contribution in [0.5, 0.6) is 0 Å². The molecule has 0 bridgehead atoms. The molecule has 0 spiro atoms. The second-order valence-corrected chi connectivity index (χ2v) is 5.06. The van der Waals surface area contributed by atoms with Crippen molar-refractivity contribution in [3.8, 4) is 0 Å². The molecule has 0 saturated carbocycles. The first-order valence-electron chi connectivity index (χ1n) is 6.06. The van der Waals surface area contributed by atoms with Gasteiger partial charge < -0.3 is 5.32 Å². The van der Waals surface area contributed by atoms with Crippen molar-refractivity contribution in [3.63, 3.8) is 0 Å². The van der Waals surface area contributed by atoms with E-state index in [2.05, 4.69) is 35.4 Å². The topological polar surface area (TPSA) is 24.9 Å². The van der Waals surface area contributed by atoms with Gasteiger partial charge in [0.2, 0.25) is 0 Å². The van der Waals surface area contributed by atoms with Gasteiger partial charge in [0.25, 0.3) is 0 Å². The lowest BCUT2D eigenvalue weighted by molar-refractivity contribution is 0.789. The highest BCUT2D eigenvalue weighted by Crippen LogP contribution is 2.14. The van der Waals surface area contributed by atoms with Crippen LogP contribution in [0.4, 0.5) is 5.69 Å². The van der Waals surface area contributed by atoms with Crippen molar-refractivity contribution in [1.82, 2.24) is 4.98 Å². The SMILES string of the molecule is Cc1cncc(NC(C)Cc2ccc(Cl)cc2)c1. The van der Waals surface area contributed by atoms with Crippen LogP contribution >= 0.6 is 11.6 Å². The summed E-state index contributed by atoms with van der Waals surface area (Å²) in [7, 11) is 0. The molecule has 0 aliphatic rings. The number of hydrogen-bond donors (Lipinski definition) is 1. The van der Waals surface area contributed by atoms with E-state index in [0.29, 0.717) is 6.04 Å². The lowest BCUT2D eigenvalue weighted by Gasteiger charge is -2.15. The highest BCUT2D eigenvalue weighted by Gasteiger charge is 2.04. The molecule has 3 heteroatoms. The van der Waals surface area contributed by atoms with E-state index >= 15 is 0 Å². The molecule has 1 atom stereocenters. The van der Waals surface area contributed by atoms with Crippen LogP contribution in [0, 0.1) is 6.92 Å². The van der Waals surface area contributed by atoms with E-state index in [-0.39, 0.29) is 0 Å². The zero-order valence-electron chi connectivity index (χ0n) is 10.7. The van der Waals surface area contributed by atoms with Crippen LogP contribution in [0.25, 0.3) is 0 Å². The van der Waals surface area contributed by atoms with E-state index in [4.69, 9.17) is 11.6 Å². The van der Waals surface area contributed by atoms with Crippen molar-refractivity contribution in [1.29, 1.82) is 0 Å². The van der Waals surface area contributed by atoms with Gasteiger partial charge in [-0.2, -0.15) is 0 Å². The summed E-state index contributed by atoms with van der Waals surface area (Å²) in [6.07, 6.45) is 4.67. The number of nitrogens with one attached hydrogen (secondary N) is 1. The molecule has 0 aliphatic carbocycles. The highest BCUT2D eigenvalue weighted by molar-refractivity contribution is 6.30. The van der Waals surface area contributed by atoms with E-state index in [0.717, 1.165) is 17.1 Å². The largest absolute Gasteiger partial charge is 0.381 e. The van der Waals surface area contributed by atoms with Crippen molar-refractivity contribution >= 4 is 17.3 Å². The molecule has 2 aromatic rings. The highest BCUT2D eigenvalue weighted by atomic mass is 35.5. The summed E-state index contributed by atoms with van der Waals surface area (Å²) in [6, 6.07) is 10.4. The van der Waals surface area contributed by atoms with Gasteiger partial charge in [-0.05, 0) is 49.6 Å². The van der Waals surface area contributed by atoms with Crippen molar-refractivity contribution < 1.29 is 0 Å². The fraction of sp³-hybridized carbons (Fsp3) is 0.267. The summed E-state index contributed by atoms with van der Waals surface area (Å²) in [4.78, 5) is 4.18. The Morgan fingerprint density at radius 1 is 1.22 bits per heavy atom. The molecule has 94 valence electrons. The molecule has 0 saturated heterocycles. The molecule has 1 heterocycles. The first kappa shape index (κ1) is 12.9. The minimum absolute atomic E-state index is 0.356. The van der Waals surface area contributed by atoms with Crippen LogP contribution in [-0.4, -0.2) is 11.0 Å². The zero-order chi connectivity index (χ0) is 13.0. The predicted octanol–water partition coefficient (Wildman–Crippen LogP) is 4.09. The maximum atomic E-state index is 5.87. The van der Waals surface area contributed by atoms with Crippen LogP contribution in [0.2, 0.25) is 5.02 Å². The molecule has 1 aromatic carbocycles. The van der Waals surface area contributed by atoms with E-state index < -0.39 is 0 Å². The monoisotopic (exact) mass is 260 g/mol. The maximum Gasteiger partial charge on any atom is 0.0531 e. The number of aromatic nitrogens is 1. The number of rotatable bonds is 4. The molecule has 0 amide bonds. The predicted molar refractivity (Wildman–Crippen MR) is 77.2 cm³/mol. The minimum Gasteiger partial charge on any atom is -0.381 e. The molecule has 18 heavy (non-hydrogen) atoms. The van der Waals surface area contributed by atoms with Gasteiger partial charge in [-0.15, -0.1) is 0 Å². The molecule has 1 N–H and O–H groups in total. The molecular formula is C15H17ClN2. The third-order valence-electron chi connectivity index (χ3n) is 2.74. The Bertz CT molecular complexity index is 508. The van der Waals surface area contributed by atoms with Crippen molar-refractivity contribution in [2.75, 3.05) is 5.32 Å². The van der Waals surface area contributed by atoms with Crippen molar-refractivity contribution in [3.05, 3.63) is 58.9 Å². The van der Waals surface area contributed by atoms with Crippen molar-refractivity contribution in [2.45, 2.75) is 26.3 Å².